The average Bonchev–Trinajstić information content (AvgIpc) is 2.78. The van der Waals surface area contributed by atoms with Crippen LogP contribution in [0.2, 0.25) is 5.02 Å². The number of halogens is 3. The summed E-state index contributed by atoms with van der Waals surface area (Å²) in [5.41, 5.74) is 3.30. The third-order valence-electron chi connectivity index (χ3n) is 4.27. The minimum absolute atomic E-state index is 0.103. The van der Waals surface area contributed by atoms with E-state index < -0.39 is 11.7 Å². The van der Waals surface area contributed by atoms with Crippen LogP contribution < -0.4 is 14.9 Å². The maximum atomic E-state index is 13.9. The molecule has 0 atom stereocenters. The van der Waals surface area contributed by atoms with E-state index in [1.165, 1.54) is 37.6 Å². The number of rotatable bonds is 7. The van der Waals surface area contributed by atoms with Crippen LogP contribution in [-0.2, 0) is 6.61 Å². The molecule has 0 bridgehead atoms. The summed E-state index contributed by atoms with van der Waals surface area (Å²) in [6.07, 6.45) is 1.30. The first-order valence-corrected chi connectivity index (χ1v) is 9.57. The molecule has 162 valence electrons. The zero-order valence-electron chi connectivity index (χ0n) is 16.7. The molecule has 0 unspecified atom stereocenters. The lowest BCUT2D eigenvalue weighted by atomic mass is 10.1. The van der Waals surface area contributed by atoms with E-state index in [0.29, 0.717) is 17.1 Å². The Balaban J connectivity index is 1.69. The Morgan fingerprint density at radius 2 is 1.94 bits per heavy atom. The van der Waals surface area contributed by atoms with Gasteiger partial charge in [-0.25, -0.2) is 14.2 Å². The Morgan fingerprint density at radius 3 is 2.59 bits per heavy atom. The summed E-state index contributed by atoms with van der Waals surface area (Å²) in [4.78, 5) is 12.1. The molecule has 0 aliphatic carbocycles. The molecule has 0 radical (unpaired) electrons. The molecule has 1 N–H and O–H groups in total. The molecule has 0 saturated heterocycles. The molecule has 3 rings (SSSR count). The molecule has 6 nitrogen and oxygen atoms in total. The van der Waals surface area contributed by atoms with Gasteiger partial charge in [0, 0.05) is 0 Å². The molecule has 0 heterocycles. The number of amides is 1. The summed E-state index contributed by atoms with van der Waals surface area (Å²) in [6, 6.07) is 14.3. The molecule has 0 aliphatic rings. The van der Waals surface area contributed by atoms with Crippen molar-refractivity contribution in [2.24, 2.45) is 5.10 Å². The molecule has 32 heavy (non-hydrogen) atoms. The fourth-order valence-corrected chi connectivity index (χ4v) is 2.96. The van der Waals surface area contributed by atoms with Crippen LogP contribution in [0.1, 0.15) is 27.0 Å². The molecule has 0 aliphatic heterocycles. The first-order valence-electron chi connectivity index (χ1n) is 9.19. The lowest BCUT2D eigenvalue weighted by molar-refractivity contribution is 0.0951. The summed E-state index contributed by atoms with van der Waals surface area (Å²) in [5, 5.41) is 12.8. The Hall–Kier alpha value is -3.96. The van der Waals surface area contributed by atoms with Gasteiger partial charge in [-0.15, -0.1) is 0 Å². The minimum atomic E-state index is -0.830. The Labute approximate surface area is 187 Å². The van der Waals surface area contributed by atoms with Crippen LogP contribution >= 0.6 is 11.6 Å². The van der Waals surface area contributed by atoms with Crippen LogP contribution in [0.25, 0.3) is 0 Å². The van der Waals surface area contributed by atoms with Gasteiger partial charge >= 0.3 is 0 Å². The predicted molar refractivity (Wildman–Crippen MR) is 115 cm³/mol. The highest BCUT2D eigenvalue weighted by Gasteiger charge is 2.13. The Kier molecular flexibility index (Phi) is 7.37. The van der Waals surface area contributed by atoms with E-state index in [9.17, 15) is 13.6 Å². The lowest BCUT2D eigenvalue weighted by Gasteiger charge is -2.13. The van der Waals surface area contributed by atoms with Crippen molar-refractivity contribution < 1.29 is 23.0 Å². The van der Waals surface area contributed by atoms with Crippen molar-refractivity contribution in [3.05, 3.63) is 93.5 Å². The van der Waals surface area contributed by atoms with E-state index in [0.717, 1.165) is 11.6 Å². The number of hydrogen-bond donors (Lipinski definition) is 1. The number of carbonyl (C=O) groups excluding carboxylic acids is 1. The molecule has 3 aromatic carbocycles. The van der Waals surface area contributed by atoms with Gasteiger partial charge in [-0.3, -0.25) is 4.79 Å². The molecule has 1 amide bonds. The Morgan fingerprint density at radius 1 is 1.19 bits per heavy atom. The third-order valence-corrected chi connectivity index (χ3v) is 4.55. The number of methoxy groups -OCH3 is 1. The zero-order chi connectivity index (χ0) is 23.1. The van der Waals surface area contributed by atoms with Gasteiger partial charge in [-0.2, -0.15) is 10.4 Å². The van der Waals surface area contributed by atoms with E-state index in [-0.39, 0.29) is 28.6 Å². The summed E-state index contributed by atoms with van der Waals surface area (Å²) in [7, 11) is 1.44. The van der Waals surface area contributed by atoms with Gasteiger partial charge in [0.1, 0.15) is 18.2 Å². The van der Waals surface area contributed by atoms with Crippen molar-refractivity contribution in [1.82, 2.24) is 5.43 Å². The second-order valence-electron chi connectivity index (χ2n) is 6.45. The number of benzene rings is 3. The normalized spacial score (nSPS) is 10.6. The molecule has 0 saturated carbocycles. The number of nitriles is 1. The smallest absolute Gasteiger partial charge is 0.274 e. The maximum absolute atomic E-state index is 13.9. The van der Waals surface area contributed by atoms with Gasteiger partial charge in [0.15, 0.2) is 11.5 Å². The second-order valence-corrected chi connectivity index (χ2v) is 6.86. The standard InChI is InChI=1S/C23H16ClF2N3O3/c1-31-21-10-16(8-19(24)22(21)32-13-14-2-5-17(25)6-3-14)12-28-29-23(30)18-7-4-15(11-27)9-20(18)26/h2-10,12H,13H2,1H3,(H,29,30)/b28-12-. The Bertz CT molecular complexity index is 1210. The summed E-state index contributed by atoms with van der Waals surface area (Å²) in [6.45, 7) is 0.149. The first kappa shape index (κ1) is 22.7. The third kappa shape index (κ3) is 5.59. The van der Waals surface area contributed by atoms with Gasteiger partial charge in [-0.1, -0.05) is 23.7 Å². The van der Waals surface area contributed by atoms with E-state index >= 15 is 0 Å². The monoisotopic (exact) mass is 455 g/mol. The molecular formula is C23H16ClF2N3O3. The number of nitrogens with zero attached hydrogens (tertiary/aromatic N) is 2. The van der Waals surface area contributed by atoms with Crippen LogP contribution in [0.15, 0.2) is 59.7 Å². The zero-order valence-corrected chi connectivity index (χ0v) is 17.5. The van der Waals surface area contributed by atoms with Crippen molar-refractivity contribution in [1.29, 1.82) is 5.26 Å². The van der Waals surface area contributed by atoms with E-state index in [1.54, 1.807) is 30.3 Å². The van der Waals surface area contributed by atoms with Gasteiger partial charge in [-0.05, 0) is 53.6 Å². The van der Waals surface area contributed by atoms with E-state index in [4.69, 9.17) is 26.3 Å². The molecule has 9 heteroatoms. The SMILES string of the molecule is COc1cc(/C=N\NC(=O)c2ccc(C#N)cc2F)cc(Cl)c1OCc1ccc(F)cc1. The summed E-state index contributed by atoms with van der Waals surface area (Å²) in [5.74, 6) is -1.34. The highest BCUT2D eigenvalue weighted by Crippen LogP contribution is 2.36. The fourth-order valence-electron chi connectivity index (χ4n) is 2.68. The predicted octanol–water partition coefficient (Wildman–Crippen LogP) is 4.84. The summed E-state index contributed by atoms with van der Waals surface area (Å²) < 4.78 is 38.0. The van der Waals surface area contributed by atoms with Crippen LogP contribution in [0, 0.1) is 23.0 Å². The molecule has 0 aromatic heterocycles. The number of carbonyl (C=O) groups is 1. The van der Waals surface area contributed by atoms with E-state index in [2.05, 4.69) is 10.5 Å². The number of hydrogen-bond acceptors (Lipinski definition) is 5. The van der Waals surface area contributed by atoms with Gasteiger partial charge in [0.25, 0.3) is 5.91 Å². The largest absolute Gasteiger partial charge is 0.493 e. The van der Waals surface area contributed by atoms with Crippen molar-refractivity contribution in [2.75, 3.05) is 7.11 Å². The van der Waals surface area contributed by atoms with Gasteiger partial charge in [0.2, 0.25) is 0 Å². The van der Waals surface area contributed by atoms with Crippen molar-refractivity contribution in [3.8, 4) is 17.6 Å². The van der Waals surface area contributed by atoms with Crippen molar-refractivity contribution in [3.63, 3.8) is 0 Å². The molecule has 0 spiro atoms. The molecular weight excluding hydrogens is 440 g/mol. The maximum Gasteiger partial charge on any atom is 0.274 e. The van der Waals surface area contributed by atoms with Gasteiger partial charge < -0.3 is 9.47 Å². The first-order chi connectivity index (χ1) is 15.4. The lowest BCUT2D eigenvalue weighted by Crippen LogP contribution is -2.19. The quantitative estimate of drug-likeness (QED) is 0.408. The second kappa shape index (κ2) is 10.4. The van der Waals surface area contributed by atoms with Gasteiger partial charge in [0.05, 0.1) is 35.5 Å². The molecule has 0 fully saturated rings. The van der Waals surface area contributed by atoms with Crippen molar-refractivity contribution >= 4 is 23.7 Å². The van der Waals surface area contributed by atoms with Crippen molar-refractivity contribution in [2.45, 2.75) is 6.61 Å². The molecule has 3 aromatic rings. The number of ether oxygens (including phenoxy) is 2. The van der Waals surface area contributed by atoms with Crippen LogP contribution in [0.5, 0.6) is 11.5 Å². The van der Waals surface area contributed by atoms with Crippen LogP contribution in [0.3, 0.4) is 0 Å². The minimum Gasteiger partial charge on any atom is -0.493 e. The number of hydrazone groups is 1. The average molecular weight is 456 g/mol. The topological polar surface area (TPSA) is 83.7 Å². The fraction of sp³-hybridized carbons (Fsp3) is 0.0870. The highest BCUT2D eigenvalue weighted by atomic mass is 35.5. The van der Waals surface area contributed by atoms with Crippen LogP contribution in [-0.4, -0.2) is 19.2 Å². The highest BCUT2D eigenvalue weighted by molar-refractivity contribution is 6.32. The summed E-state index contributed by atoms with van der Waals surface area (Å²) >= 11 is 6.30. The van der Waals surface area contributed by atoms with E-state index in [1.807, 2.05) is 0 Å². The van der Waals surface area contributed by atoms with Crippen LogP contribution in [0.4, 0.5) is 8.78 Å². The number of nitrogens with one attached hydrogen (secondary N) is 1.